The van der Waals surface area contributed by atoms with E-state index in [1.165, 1.54) is 0 Å². The Bertz CT molecular complexity index is 710. The molecule has 1 aliphatic heterocycles. The van der Waals surface area contributed by atoms with Crippen molar-refractivity contribution in [3.63, 3.8) is 0 Å². The molecule has 2 rings (SSSR count). The number of nitrogens with one attached hydrogen (secondary N) is 2. The van der Waals surface area contributed by atoms with E-state index < -0.39 is 0 Å². The SMILES string of the molecule is C=C(C)C(=C(C)C(=CC)OCCN1CCNC1=O)[NH+](O)c1ccccc1. The number of rotatable bonds is 8. The van der Waals surface area contributed by atoms with Crippen molar-refractivity contribution < 1.29 is 19.8 Å². The highest BCUT2D eigenvalue weighted by Gasteiger charge is 2.23. The smallest absolute Gasteiger partial charge is 0.317 e. The molecule has 6 heteroatoms. The first-order chi connectivity index (χ1) is 12.5. The van der Waals surface area contributed by atoms with E-state index in [9.17, 15) is 10.0 Å². The largest absolute Gasteiger partial charge is 0.492 e. The third-order valence-corrected chi connectivity index (χ3v) is 4.28. The van der Waals surface area contributed by atoms with Crippen molar-refractivity contribution in [3.8, 4) is 0 Å². The summed E-state index contributed by atoms with van der Waals surface area (Å²) in [6.45, 7) is 11.9. The molecule has 0 spiro atoms. The zero-order valence-electron chi connectivity index (χ0n) is 15.7. The molecule has 1 heterocycles. The number of para-hydroxylation sites is 1. The third kappa shape index (κ3) is 4.74. The number of hydrogen-bond donors (Lipinski definition) is 3. The minimum Gasteiger partial charge on any atom is -0.492 e. The number of nitrogens with zero attached hydrogens (tertiary/aromatic N) is 1. The number of urea groups is 1. The van der Waals surface area contributed by atoms with Crippen LogP contribution in [0.3, 0.4) is 0 Å². The van der Waals surface area contributed by atoms with Crippen molar-refractivity contribution in [2.24, 2.45) is 0 Å². The van der Waals surface area contributed by atoms with Crippen LogP contribution in [0.15, 0.2) is 65.6 Å². The fourth-order valence-electron chi connectivity index (χ4n) is 2.96. The first-order valence-electron chi connectivity index (χ1n) is 8.76. The quantitative estimate of drug-likeness (QED) is 0.380. The van der Waals surface area contributed by atoms with E-state index in [0.717, 1.165) is 16.8 Å². The van der Waals surface area contributed by atoms with Crippen molar-refractivity contribution in [2.45, 2.75) is 20.8 Å². The third-order valence-electron chi connectivity index (χ3n) is 4.28. The highest BCUT2D eigenvalue weighted by molar-refractivity contribution is 5.76. The number of amides is 2. The predicted octanol–water partition coefficient (Wildman–Crippen LogP) is 2.39. The molecule has 0 aliphatic carbocycles. The van der Waals surface area contributed by atoms with E-state index in [1.54, 1.807) is 4.90 Å². The fourth-order valence-corrected chi connectivity index (χ4v) is 2.96. The first kappa shape index (κ1) is 19.8. The Balaban J connectivity index is 2.14. The van der Waals surface area contributed by atoms with E-state index in [1.807, 2.05) is 57.2 Å². The molecule has 140 valence electrons. The lowest BCUT2D eigenvalue weighted by Gasteiger charge is -2.19. The van der Waals surface area contributed by atoms with Crippen molar-refractivity contribution in [2.75, 3.05) is 26.2 Å². The molecule has 1 saturated heterocycles. The molecule has 1 aromatic carbocycles. The maximum Gasteiger partial charge on any atom is 0.317 e. The van der Waals surface area contributed by atoms with Crippen LogP contribution in [-0.2, 0) is 4.74 Å². The summed E-state index contributed by atoms with van der Waals surface area (Å²) in [5.74, 6) is 0.671. The molecule has 0 bridgehead atoms. The molecule has 2 amide bonds. The number of carbonyl (C=O) groups is 1. The maximum absolute atomic E-state index is 11.6. The monoisotopic (exact) mass is 358 g/mol. The van der Waals surface area contributed by atoms with Crippen LogP contribution >= 0.6 is 0 Å². The first-order valence-corrected chi connectivity index (χ1v) is 8.76. The molecule has 0 saturated carbocycles. The van der Waals surface area contributed by atoms with Gasteiger partial charge in [-0.05, 0) is 26.8 Å². The Hall–Kier alpha value is -2.57. The van der Waals surface area contributed by atoms with Crippen molar-refractivity contribution in [1.29, 1.82) is 0 Å². The predicted molar refractivity (Wildman–Crippen MR) is 101 cm³/mol. The average Bonchev–Trinajstić information content (AvgIpc) is 3.04. The normalized spacial score (nSPS) is 16.8. The summed E-state index contributed by atoms with van der Waals surface area (Å²) in [5.41, 5.74) is 2.97. The highest BCUT2D eigenvalue weighted by Crippen LogP contribution is 2.18. The van der Waals surface area contributed by atoms with E-state index in [2.05, 4.69) is 11.9 Å². The number of quaternary nitrogens is 1. The number of carbonyl (C=O) groups excluding carboxylic acids is 1. The topological polar surface area (TPSA) is 66.2 Å². The van der Waals surface area contributed by atoms with Gasteiger partial charge >= 0.3 is 6.03 Å². The zero-order valence-corrected chi connectivity index (χ0v) is 15.7. The van der Waals surface area contributed by atoms with Crippen LogP contribution in [0.5, 0.6) is 0 Å². The molecule has 3 N–H and O–H groups in total. The van der Waals surface area contributed by atoms with Crippen LogP contribution in [0, 0.1) is 0 Å². The molecule has 0 aromatic heterocycles. The van der Waals surface area contributed by atoms with Crippen LogP contribution in [-0.4, -0.2) is 42.4 Å². The van der Waals surface area contributed by atoms with Crippen LogP contribution in [0.2, 0.25) is 0 Å². The molecule has 26 heavy (non-hydrogen) atoms. The van der Waals surface area contributed by atoms with E-state index in [0.29, 0.717) is 37.7 Å². The molecule has 1 aromatic rings. The molecular formula is C20H28N3O3+. The van der Waals surface area contributed by atoms with Gasteiger partial charge in [0.15, 0.2) is 11.4 Å². The standard InChI is InChI=1S/C20H27N3O3/c1-5-18(26-14-13-22-12-11-21-20(22)24)16(4)19(15(2)3)23(25)17-9-7-6-8-10-17/h5-10,25H,2,11-14H2,1,3-4H3,(H,21,24)/p+1. The minimum atomic E-state index is -0.0550. The van der Waals surface area contributed by atoms with Crippen molar-refractivity contribution in [1.82, 2.24) is 10.2 Å². The Kier molecular flexibility index (Phi) is 7.00. The lowest BCUT2D eigenvalue weighted by atomic mass is 10.1. The molecule has 6 nitrogen and oxygen atoms in total. The summed E-state index contributed by atoms with van der Waals surface area (Å²) in [6.07, 6.45) is 1.86. The summed E-state index contributed by atoms with van der Waals surface area (Å²) < 4.78 is 5.90. The van der Waals surface area contributed by atoms with Crippen LogP contribution < -0.4 is 10.4 Å². The van der Waals surface area contributed by atoms with Crippen molar-refractivity contribution in [3.05, 3.63) is 65.6 Å². The Labute approximate surface area is 155 Å². The lowest BCUT2D eigenvalue weighted by Crippen LogP contribution is -3.03. The molecular weight excluding hydrogens is 330 g/mol. The van der Waals surface area contributed by atoms with E-state index >= 15 is 0 Å². The van der Waals surface area contributed by atoms with Gasteiger partial charge in [0.2, 0.25) is 0 Å². The zero-order chi connectivity index (χ0) is 19.1. The second-order valence-electron chi connectivity index (χ2n) is 6.22. The maximum atomic E-state index is 11.6. The fraction of sp³-hybridized carbons (Fsp3) is 0.350. The molecule has 1 atom stereocenters. The van der Waals surface area contributed by atoms with E-state index in [4.69, 9.17) is 4.74 Å². The van der Waals surface area contributed by atoms with Gasteiger partial charge in [0.1, 0.15) is 12.4 Å². The van der Waals surface area contributed by atoms with Crippen molar-refractivity contribution >= 4 is 11.7 Å². The van der Waals surface area contributed by atoms with Gasteiger partial charge < -0.3 is 15.0 Å². The van der Waals surface area contributed by atoms with Crippen LogP contribution in [0.25, 0.3) is 0 Å². The summed E-state index contributed by atoms with van der Waals surface area (Å²) >= 11 is 0. The average molecular weight is 358 g/mol. The van der Waals surface area contributed by atoms with Gasteiger partial charge in [-0.1, -0.05) is 24.8 Å². The summed E-state index contributed by atoms with van der Waals surface area (Å²) in [7, 11) is 0. The molecule has 1 unspecified atom stereocenters. The van der Waals surface area contributed by atoms with Crippen LogP contribution in [0.1, 0.15) is 20.8 Å². The van der Waals surface area contributed by atoms with E-state index in [-0.39, 0.29) is 11.1 Å². The highest BCUT2D eigenvalue weighted by atomic mass is 16.5. The number of allylic oxidation sites excluding steroid dienone is 3. The summed E-state index contributed by atoms with van der Waals surface area (Å²) in [5, 5.41) is 13.7. The minimum absolute atomic E-state index is 0.0550. The van der Waals surface area contributed by atoms with Gasteiger partial charge in [-0.15, -0.1) is 5.06 Å². The number of hydroxylamine groups is 1. The molecule has 1 aliphatic rings. The van der Waals surface area contributed by atoms with Gasteiger partial charge in [-0.2, -0.15) is 0 Å². The van der Waals surface area contributed by atoms with Gasteiger partial charge in [0.05, 0.1) is 12.1 Å². The number of hydrogen-bond acceptors (Lipinski definition) is 3. The van der Waals surface area contributed by atoms with Crippen LogP contribution in [0.4, 0.5) is 10.5 Å². The Morgan fingerprint density at radius 1 is 1.38 bits per heavy atom. The van der Waals surface area contributed by atoms with Gasteiger partial charge in [0, 0.05) is 30.8 Å². The molecule has 1 fully saturated rings. The Morgan fingerprint density at radius 2 is 2.08 bits per heavy atom. The van der Waals surface area contributed by atoms with Gasteiger partial charge in [-0.25, -0.2) is 10.0 Å². The molecule has 0 radical (unpaired) electrons. The second-order valence-corrected chi connectivity index (χ2v) is 6.22. The summed E-state index contributed by atoms with van der Waals surface area (Å²) in [6, 6.07) is 9.32. The van der Waals surface area contributed by atoms with Gasteiger partial charge in [-0.3, -0.25) is 0 Å². The Morgan fingerprint density at radius 3 is 2.62 bits per heavy atom. The number of ether oxygens (including phenoxy) is 1. The van der Waals surface area contributed by atoms with Gasteiger partial charge in [0.25, 0.3) is 0 Å². The summed E-state index contributed by atoms with van der Waals surface area (Å²) in [4.78, 5) is 13.3. The number of benzene rings is 1. The second kappa shape index (κ2) is 9.22. The lowest BCUT2D eigenvalue weighted by molar-refractivity contribution is -1.000.